The number of aliphatic hydroxyl groups excluding tert-OH is 1. The summed E-state index contributed by atoms with van der Waals surface area (Å²) >= 11 is 0. The van der Waals surface area contributed by atoms with E-state index in [1.54, 1.807) is 6.08 Å². The largest absolute Gasteiger partial charge is 0.472 e. The Kier molecular flexibility index (Phi) is 33.2. The molecule has 0 aliphatic heterocycles. The number of unbranched alkanes of at least 4 members (excludes halogenated alkanes) is 16. The van der Waals surface area contributed by atoms with Gasteiger partial charge in [0.15, 0.2) is 0 Å². The molecule has 274 valence electrons. The summed E-state index contributed by atoms with van der Waals surface area (Å²) in [6, 6.07) is -0.879. The highest BCUT2D eigenvalue weighted by Gasteiger charge is 2.26. The lowest BCUT2D eigenvalue weighted by Crippen LogP contribution is -2.45. The molecule has 1 amide bonds. The zero-order chi connectivity index (χ0) is 34.7. The average Bonchev–Trinajstić information content (AvgIpc) is 3.05. The molecule has 0 bridgehead atoms. The molecule has 0 aliphatic carbocycles. The number of phosphoric acid groups is 1. The second-order valence-electron chi connectivity index (χ2n) is 12.4. The van der Waals surface area contributed by atoms with Crippen molar-refractivity contribution in [3.05, 3.63) is 48.6 Å². The van der Waals surface area contributed by atoms with Crippen LogP contribution in [0.25, 0.3) is 0 Å². The molecular formula is C38H71N2O6P. The van der Waals surface area contributed by atoms with Crippen molar-refractivity contribution in [2.45, 2.75) is 167 Å². The molecule has 0 rings (SSSR count). The summed E-state index contributed by atoms with van der Waals surface area (Å²) in [6.07, 6.45) is 40.2. The first-order valence-electron chi connectivity index (χ1n) is 18.8. The minimum atomic E-state index is -4.34. The maximum Gasteiger partial charge on any atom is 0.472 e. The molecule has 47 heavy (non-hydrogen) atoms. The Hall–Kier alpha value is -1.54. The third-order valence-corrected chi connectivity index (χ3v) is 8.86. The number of rotatable bonds is 34. The number of carbonyl (C=O) groups excluding carboxylic acids is 1. The van der Waals surface area contributed by atoms with E-state index >= 15 is 0 Å². The molecule has 0 spiro atoms. The Morgan fingerprint density at radius 3 is 1.77 bits per heavy atom. The Morgan fingerprint density at radius 2 is 1.19 bits per heavy atom. The van der Waals surface area contributed by atoms with Gasteiger partial charge in [-0.25, -0.2) is 4.57 Å². The zero-order valence-electron chi connectivity index (χ0n) is 30.0. The van der Waals surface area contributed by atoms with Gasteiger partial charge in [0, 0.05) is 13.0 Å². The number of hydrogen-bond donors (Lipinski definition) is 4. The highest BCUT2D eigenvalue weighted by atomic mass is 31.2. The number of amides is 1. The van der Waals surface area contributed by atoms with Gasteiger partial charge in [-0.15, -0.1) is 0 Å². The van der Waals surface area contributed by atoms with Crippen LogP contribution in [0.5, 0.6) is 0 Å². The van der Waals surface area contributed by atoms with Gasteiger partial charge in [-0.3, -0.25) is 13.8 Å². The molecule has 0 aromatic carbocycles. The number of nitrogens with two attached hydrogens (primary N) is 1. The van der Waals surface area contributed by atoms with E-state index in [4.69, 9.17) is 14.8 Å². The lowest BCUT2D eigenvalue weighted by Gasteiger charge is -2.23. The van der Waals surface area contributed by atoms with E-state index in [1.807, 2.05) is 6.08 Å². The van der Waals surface area contributed by atoms with Crippen molar-refractivity contribution in [1.82, 2.24) is 5.32 Å². The van der Waals surface area contributed by atoms with Gasteiger partial charge in [0.1, 0.15) is 0 Å². The van der Waals surface area contributed by atoms with Gasteiger partial charge < -0.3 is 21.1 Å². The highest BCUT2D eigenvalue weighted by Crippen LogP contribution is 2.43. The van der Waals surface area contributed by atoms with Crippen molar-refractivity contribution >= 4 is 13.7 Å². The summed E-state index contributed by atoms with van der Waals surface area (Å²) in [6.45, 7) is 4.03. The quantitative estimate of drug-likeness (QED) is 0.0302. The van der Waals surface area contributed by atoms with E-state index in [1.165, 1.54) is 77.0 Å². The SMILES string of the molecule is CCCCCC/C=C\C/C=C\CCCCCCCCCC(=O)NC(COP(=O)(O)OCCN)C(O)/C=C/CC/C=C/CCCCCC. The molecule has 0 radical (unpaired) electrons. The van der Waals surface area contributed by atoms with Crippen LogP contribution in [0, 0.1) is 0 Å². The molecule has 3 unspecified atom stereocenters. The summed E-state index contributed by atoms with van der Waals surface area (Å²) < 4.78 is 22.0. The van der Waals surface area contributed by atoms with Crippen molar-refractivity contribution < 1.29 is 28.4 Å². The minimum Gasteiger partial charge on any atom is -0.387 e. The summed E-state index contributed by atoms with van der Waals surface area (Å²) in [5.41, 5.74) is 5.34. The molecule has 0 saturated carbocycles. The van der Waals surface area contributed by atoms with Crippen LogP contribution in [0.1, 0.15) is 155 Å². The fraction of sp³-hybridized carbons (Fsp3) is 0.763. The van der Waals surface area contributed by atoms with Crippen molar-refractivity contribution in [2.75, 3.05) is 19.8 Å². The molecule has 0 aromatic rings. The maximum atomic E-state index is 12.7. The van der Waals surface area contributed by atoms with Crippen molar-refractivity contribution in [2.24, 2.45) is 5.73 Å². The molecule has 0 saturated heterocycles. The van der Waals surface area contributed by atoms with Crippen LogP contribution >= 0.6 is 7.82 Å². The predicted molar refractivity (Wildman–Crippen MR) is 198 cm³/mol. The molecule has 3 atom stereocenters. The van der Waals surface area contributed by atoms with Gasteiger partial charge in [0.05, 0.1) is 25.4 Å². The van der Waals surface area contributed by atoms with E-state index in [-0.39, 0.29) is 25.7 Å². The Balaban J connectivity index is 4.30. The van der Waals surface area contributed by atoms with E-state index < -0.39 is 20.0 Å². The number of carbonyl (C=O) groups is 1. The van der Waals surface area contributed by atoms with Gasteiger partial charge in [-0.2, -0.15) is 0 Å². The van der Waals surface area contributed by atoms with Crippen LogP contribution < -0.4 is 11.1 Å². The molecule has 0 aliphatic rings. The fourth-order valence-corrected chi connectivity index (χ4v) is 5.76. The van der Waals surface area contributed by atoms with Crippen molar-refractivity contribution in [1.29, 1.82) is 0 Å². The molecule has 0 heterocycles. The molecule has 5 N–H and O–H groups in total. The summed E-state index contributed by atoms with van der Waals surface area (Å²) in [5, 5.41) is 13.5. The van der Waals surface area contributed by atoms with Gasteiger partial charge in [-0.05, 0) is 64.2 Å². The fourth-order valence-electron chi connectivity index (χ4n) is 5.00. The lowest BCUT2D eigenvalue weighted by molar-refractivity contribution is -0.123. The normalized spacial score (nSPS) is 14.9. The van der Waals surface area contributed by atoms with Crippen LogP contribution in [0.3, 0.4) is 0 Å². The molecule has 9 heteroatoms. The van der Waals surface area contributed by atoms with Crippen molar-refractivity contribution in [3.63, 3.8) is 0 Å². The second kappa shape index (κ2) is 34.3. The minimum absolute atomic E-state index is 0.0708. The number of hydrogen-bond acceptors (Lipinski definition) is 6. The van der Waals surface area contributed by atoms with E-state index in [2.05, 4.69) is 55.6 Å². The monoisotopic (exact) mass is 683 g/mol. The molecule has 8 nitrogen and oxygen atoms in total. The molecule has 0 fully saturated rings. The predicted octanol–water partition coefficient (Wildman–Crippen LogP) is 9.77. The van der Waals surface area contributed by atoms with E-state index in [0.29, 0.717) is 6.42 Å². The smallest absolute Gasteiger partial charge is 0.387 e. The van der Waals surface area contributed by atoms with Gasteiger partial charge >= 0.3 is 7.82 Å². The number of phosphoric ester groups is 1. The first kappa shape index (κ1) is 45.5. The Bertz CT molecular complexity index is 876. The Labute approximate surface area is 288 Å². The van der Waals surface area contributed by atoms with Crippen LogP contribution in [0.2, 0.25) is 0 Å². The standard InChI is InChI=1S/C38H71N2O6P/c1-3-5-7-9-11-13-15-16-17-18-19-20-21-22-24-26-28-30-32-38(42)40-36(35-46-47(43,44)45-34-33-39)37(41)31-29-27-25-23-14-12-10-8-6-4-2/h13-15,17-18,23,29,31,36-37,41H,3-12,16,19-22,24-28,30,32-35,39H2,1-2H3,(H,40,42)(H,43,44)/b15-13-,18-17-,23-14+,31-29+. The number of nitrogens with one attached hydrogen (secondary N) is 1. The maximum absolute atomic E-state index is 12.7. The topological polar surface area (TPSA) is 131 Å². The van der Waals surface area contributed by atoms with Crippen LogP contribution in [0.15, 0.2) is 48.6 Å². The van der Waals surface area contributed by atoms with Crippen LogP contribution in [0.4, 0.5) is 0 Å². The van der Waals surface area contributed by atoms with Crippen LogP contribution in [-0.4, -0.2) is 47.8 Å². The number of allylic oxidation sites excluding steroid dienone is 7. The summed E-state index contributed by atoms with van der Waals surface area (Å²) in [4.78, 5) is 22.5. The van der Waals surface area contributed by atoms with Gasteiger partial charge in [0.25, 0.3) is 0 Å². The van der Waals surface area contributed by atoms with E-state index in [0.717, 1.165) is 57.8 Å². The number of aliphatic hydroxyl groups is 1. The molecule has 0 aromatic heterocycles. The zero-order valence-corrected chi connectivity index (χ0v) is 30.9. The van der Waals surface area contributed by atoms with Crippen molar-refractivity contribution in [3.8, 4) is 0 Å². The van der Waals surface area contributed by atoms with Crippen LogP contribution in [-0.2, 0) is 18.4 Å². The molecular weight excluding hydrogens is 611 g/mol. The highest BCUT2D eigenvalue weighted by molar-refractivity contribution is 7.47. The Morgan fingerprint density at radius 1 is 0.702 bits per heavy atom. The van der Waals surface area contributed by atoms with E-state index in [9.17, 15) is 19.4 Å². The summed E-state index contributed by atoms with van der Waals surface area (Å²) in [7, 11) is -4.34. The first-order chi connectivity index (χ1) is 22.9. The average molecular weight is 683 g/mol. The second-order valence-corrected chi connectivity index (χ2v) is 13.9. The lowest BCUT2D eigenvalue weighted by atomic mass is 10.1. The third-order valence-electron chi connectivity index (χ3n) is 7.88. The van der Waals surface area contributed by atoms with Gasteiger partial charge in [-0.1, -0.05) is 133 Å². The third kappa shape index (κ3) is 32.8. The first-order valence-corrected chi connectivity index (χ1v) is 20.3. The van der Waals surface area contributed by atoms with Gasteiger partial charge in [0.2, 0.25) is 5.91 Å². The summed E-state index contributed by atoms with van der Waals surface area (Å²) in [5.74, 6) is -0.217.